The quantitative estimate of drug-likeness (QED) is 0.450. The average Bonchev–Trinajstić information content (AvgIpc) is 3.54. The normalized spacial score (nSPS) is 24.1. The molecule has 0 unspecified atom stereocenters. The van der Waals surface area contributed by atoms with Crippen LogP contribution in [0.3, 0.4) is 0 Å². The van der Waals surface area contributed by atoms with Crippen molar-refractivity contribution in [2.24, 2.45) is 0 Å². The molecule has 5 heterocycles. The number of nitrogens with zero attached hydrogens (tertiary/aromatic N) is 2. The lowest BCUT2D eigenvalue weighted by Crippen LogP contribution is -2.34. The zero-order valence-corrected chi connectivity index (χ0v) is 19.0. The molecule has 32 heavy (non-hydrogen) atoms. The first-order chi connectivity index (χ1) is 15.5. The van der Waals surface area contributed by atoms with Crippen LogP contribution in [-0.2, 0) is 16.1 Å². The number of carbonyl (C=O) groups is 1. The Bertz CT molecular complexity index is 1080. The summed E-state index contributed by atoms with van der Waals surface area (Å²) < 4.78 is 22.7. The van der Waals surface area contributed by atoms with E-state index in [0.29, 0.717) is 27.7 Å². The van der Waals surface area contributed by atoms with Crippen LogP contribution in [-0.4, -0.2) is 78.1 Å². The van der Waals surface area contributed by atoms with E-state index in [1.54, 1.807) is 12.1 Å². The molecule has 0 aromatic carbocycles. The minimum Gasteiger partial charge on any atom is -0.471 e. The van der Waals surface area contributed by atoms with Gasteiger partial charge in [0, 0.05) is 4.88 Å². The van der Waals surface area contributed by atoms with Crippen LogP contribution in [0.25, 0.3) is 11.2 Å². The highest BCUT2D eigenvalue weighted by atomic mass is 35.5. The molecule has 0 spiro atoms. The summed E-state index contributed by atoms with van der Waals surface area (Å²) in [6, 6.07) is 5.47. The van der Waals surface area contributed by atoms with Crippen molar-refractivity contribution in [3.8, 4) is 11.9 Å². The van der Waals surface area contributed by atoms with Gasteiger partial charge in [-0.2, -0.15) is 9.97 Å². The number of nitrogens with one attached hydrogen (secondary N) is 2. The summed E-state index contributed by atoms with van der Waals surface area (Å²) in [4.78, 5) is 24.0. The number of carbonyl (C=O) groups excluding carboxylic acids is 1. The van der Waals surface area contributed by atoms with Gasteiger partial charge in [-0.3, -0.25) is 4.79 Å². The van der Waals surface area contributed by atoms with Gasteiger partial charge >= 0.3 is 0 Å². The number of aldehydes is 1. The topological polar surface area (TPSA) is 128 Å². The zero-order valence-electron chi connectivity index (χ0n) is 17.4. The molecule has 0 amide bonds. The van der Waals surface area contributed by atoms with Gasteiger partial charge in [-0.05, 0) is 32.3 Å². The number of hydrogen-bond acceptors (Lipinski definition) is 10. The molecule has 3 aromatic heterocycles. The number of hydrogen-bond donors (Lipinski definition) is 3. The lowest BCUT2D eigenvalue weighted by molar-refractivity contribution is 0.00706. The Morgan fingerprint density at radius 3 is 2.84 bits per heavy atom. The number of ether oxygens (including phenoxy) is 4. The fourth-order valence-electron chi connectivity index (χ4n) is 3.40. The minimum atomic E-state index is -0.643. The molecule has 2 fully saturated rings. The molecular weight excluding hydrogens is 460 g/mol. The summed E-state index contributed by atoms with van der Waals surface area (Å²) in [5.74, 6) is 0.241. The van der Waals surface area contributed by atoms with E-state index in [0.717, 1.165) is 11.2 Å². The second-order valence-electron chi connectivity index (χ2n) is 7.22. The average molecular weight is 483 g/mol. The number of aliphatic hydroxyl groups excluding tert-OH is 1. The van der Waals surface area contributed by atoms with E-state index >= 15 is 0 Å². The molecule has 0 radical (unpaired) electrons. The second-order valence-corrected chi connectivity index (χ2v) is 8.83. The molecular formula is C20H23ClN4O6S. The molecule has 2 aliphatic heterocycles. The molecule has 3 N–H and O–H groups in total. The van der Waals surface area contributed by atoms with Gasteiger partial charge in [0.05, 0.1) is 23.6 Å². The highest BCUT2D eigenvalue weighted by molar-refractivity contribution is 7.13. The first-order valence-electron chi connectivity index (χ1n) is 9.91. The van der Waals surface area contributed by atoms with Gasteiger partial charge < -0.3 is 34.4 Å². The van der Waals surface area contributed by atoms with Crippen LogP contribution in [0.1, 0.15) is 14.5 Å². The molecule has 5 rings (SSSR count). The summed E-state index contributed by atoms with van der Waals surface area (Å²) >= 11 is 7.62. The Kier molecular flexibility index (Phi) is 7.23. The van der Waals surface area contributed by atoms with Crippen molar-refractivity contribution in [3.05, 3.63) is 33.0 Å². The number of rotatable bonds is 6. The summed E-state index contributed by atoms with van der Waals surface area (Å²) in [6.07, 6.45) is -0.944. The van der Waals surface area contributed by atoms with Crippen molar-refractivity contribution in [3.63, 3.8) is 0 Å². The van der Waals surface area contributed by atoms with Crippen molar-refractivity contribution in [1.29, 1.82) is 0 Å². The monoisotopic (exact) mass is 482 g/mol. The predicted molar refractivity (Wildman–Crippen MR) is 118 cm³/mol. The van der Waals surface area contributed by atoms with E-state index in [9.17, 15) is 9.90 Å². The van der Waals surface area contributed by atoms with E-state index in [2.05, 4.69) is 20.3 Å². The Labute approximate surface area is 192 Å². The van der Waals surface area contributed by atoms with Gasteiger partial charge in [-0.1, -0.05) is 11.6 Å². The molecule has 0 bridgehead atoms. The lowest BCUT2D eigenvalue weighted by Gasteiger charge is -2.15. The van der Waals surface area contributed by atoms with Crippen LogP contribution >= 0.6 is 22.9 Å². The maximum atomic E-state index is 10.8. The Balaban J connectivity index is 0.000000775. The first-order valence-corrected chi connectivity index (χ1v) is 11.1. The smallest absolute Gasteiger partial charge is 0.296 e. The van der Waals surface area contributed by atoms with Crippen molar-refractivity contribution in [1.82, 2.24) is 20.3 Å². The van der Waals surface area contributed by atoms with Gasteiger partial charge in [-0.15, -0.1) is 11.3 Å². The van der Waals surface area contributed by atoms with Crippen molar-refractivity contribution >= 4 is 40.4 Å². The number of aromatic amines is 1. The Morgan fingerprint density at radius 2 is 2.09 bits per heavy atom. The Hall–Kier alpha value is -2.28. The van der Waals surface area contributed by atoms with Crippen molar-refractivity contribution < 1.29 is 28.8 Å². The highest BCUT2D eigenvalue weighted by Crippen LogP contribution is 2.31. The SMILES string of the molecule is CNC.O=Cc1ccc(COc2nc3nc(O[C@@H]4CO[C@H]5[C@@H]4OC[C@H]5O)[nH]c3cc2Cl)s1. The maximum absolute atomic E-state index is 10.8. The zero-order chi connectivity index (χ0) is 22.7. The third kappa shape index (κ3) is 4.87. The Morgan fingerprint density at radius 1 is 1.31 bits per heavy atom. The van der Waals surface area contributed by atoms with Crippen LogP contribution in [0.4, 0.5) is 0 Å². The minimum absolute atomic E-state index is 0.228. The van der Waals surface area contributed by atoms with Crippen molar-refractivity contribution in [2.45, 2.75) is 31.0 Å². The molecule has 10 nitrogen and oxygen atoms in total. The van der Waals surface area contributed by atoms with Gasteiger partial charge in [0.1, 0.15) is 29.9 Å². The van der Waals surface area contributed by atoms with Gasteiger partial charge in [-0.25, -0.2) is 0 Å². The van der Waals surface area contributed by atoms with Crippen LogP contribution < -0.4 is 14.8 Å². The fourth-order valence-corrected chi connectivity index (χ4v) is 4.35. The first kappa shape index (κ1) is 22.9. The molecule has 172 valence electrons. The third-order valence-corrected chi connectivity index (χ3v) is 6.02. The van der Waals surface area contributed by atoms with E-state index < -0.39 is 6.10 Å². The summed E-state index contributed by atoms with van der Waals surface area (Å²) in [5, 5.41) is 12.9. The lowest BCUT2D eigenvalue weighted by atomic mass is 10.1. The summed E-state index contributed by atoms with van der Waals surface area (Å²) in [7, 11) is 3.75. The molecule has 12 heteroatoms. The molecule has 2 saturated heterocycles. The molecule has 0 saturated carbocycles. The molecule has 3 aromatic rings. The molecule has 4 atom stereocenters. The summed E-state index contributed by atoms with van der Waals surface area (Å²) in [6.45, 7) is 0.772. The number of pyridine rings is 1. The number of halogens is 1. The summed E-state index contributed by atoms with van der Waals surface area (Å²) in [5.41, 5.74) is 0.988. The van der Waals surface area contributed by atoms with Crippen LogP contribution in [0.5, 0.6) is 11.9 Å². The van der Waals surface area contributed by atoms with E-state index in [1.807, 2.05) is 20.2 Å². The number of aliphatic hydroxyl groups is 1. The van der Waals surface area contributed by atoms with Gasteiger partial charge in [0.15, 0.2) is 18.0 Å². The van der Waals surface area contributed by atoms with Crippen LogP contribution in [0.2, 0.25) is 5.02 Å². The predicted octanol–water partition coefficient (Wildman–Crippen LogP) is 1.81. The van der Waals surface area contributed by atoms with E-state index in [4.69, 9.17) is 30.5 Å². The number of H-pyrrole nitrogens is 1. The number of imidazole rings is 1. The van der Waals surface area contributed by atoms with Crippen molar-refractivity contribution in [2.75, 3.05) is 27.3 Å². The number of thiophene rings is 1. The highest BCUT2D eigenvalue weighted by Gasteiger charge is 2.48. The number of fused-ring (bicyclic) bond motifs is 2. The third-order valence-electron chi connectivity index (χ3n) is 4.77. The van der Waals surface area contributed by atoms with Gasteiger partial charge in [0.2, 0.25) is 5.88 Å². The largest absolute Gasteiger partial charge is 0.471 e. The molecule has 0 aliphatic carbocycles. The van der Waals surface area contributed by atoms with Crippen LogP contribution in [0, 0.1) is 0 Å². The second kappa shape index (κ2) is 10.1. The standard InChI is InChI=1S/C18H16ClN3O6S.C2H7N/c19-10-3-11-16(21-17(10)27-5-9-2-1-8(4-23)29-9)22-18(20-11)28-13-7-26-14-12(24)6-25-15(13)14;1-3-2/h1-4,12-15,24H,5-7H2,(H,20,21,22);3H,1-2H3/t12-,13-,14-,15-;/m1./s1. The van der Waals surface area contributed by atoms with E-state index in [-0.39, 0.29) is 43.4 Å². The number of aromatic nitrogens is 3. The fraction of sp³-hybridized carbons (Fsp3) is 0.450. The van der Waals surface area contributed by atoms with Gasteiger partial charge in [0.25, 0.3) is 6.01 Å². The maximum Gasteiger partial charge on any atom is 0.296 e. The molecule has 2 aliphatic rings. The van der Waals surface area contributed by atoms with E-state index in [1.165, 1.54) is 11.3 Å². The van der Waals surface area contributed by atoms with Crippen LogP contribution in [0.15, 0.2) is 18.2 Å².